The number of urea groups is 1. The van der Waals surface area contributed by atoms with E-state index < -0.39 is 11.6 Å². The summed E-state index contributed by atoms with van der Waals surface area (Å²) in [6.45, 7) is 2.00. The van der Waals surface area contributed by atoms with Crippen LogP contribution in [-0.4, -0.2) is 23.6 Å². The second-order valence-electron chi connectivity index (χ2n) is 6.25. The van der Waals surface area contributed by atoms with Gasteiger partial charge < -0.3 is 14.8 Å². The summed E-state index contributed by atoms with van der Waals surface area (Å²) < 4.78 is 12.3. The summed E-state index contributed by atoms with van der Waals surface area (Å²) >= 11 is 6.87. The van der Waals surface area contributed by atoms with Crippen LogP contribution in [0.2, 0.25) is 0 Å². The molecule has 1 atom stereocenters. The summed E-state index contributed by atoms with van der Waals surface area (Å²) in [4.78, 5) is 26.8. The fourth-order valence-corrected chi connectivity index (χ4v) is 3.93. The van der Waals surface area contributed by atoms with Gasteiger partial charge in [-0.05, 0) is 42.3 Å². The second kappa shape index (κ2) is 6.28. The maximum absolute atomic E-state index is 13.1. The molecule has 1 saturated heterocycles. The molecule has 0 spiro atoms. The van der Waals surface area contributed by atoms with Crippen LogP contribution in [0.5, 0.6) is 11.5 Å². The van der Waals surface area contributed by atoms with E-state index in [4.69, 9.17) is 9.47 Å². The van der Waals surface area contributed by atoms with Crippen LogP contribution >= 0.6 is 31.9 Å². The van der Waals surface area contributed by atoms with Crippen LogP contribution in [0.25, 0.3) is 0 Å². The maximum Gasteiger partial charge on any atom is 0.325 e. The van der Waals surface area contributed by atoms with E-state index in [1.54, 1.807) is 19.1 Å². The Labute approximate surface area is 166 Å². The van der Waals surface area contributed by atoms with E-state index in [0.29, 0.717) is 11.5 Å². The van der Waals surface area contributed by atoms with Crippen LogP contribution in [0.15, 0.2) is 45.3 Å². The molecule has 0 saturated carbocycles. The maximum atomic E-state index is 13.1. The molecule has 6 nitrogen and oxygen atoms in total. The van der Waals surface area contributed by atoms with Crippen molar-refractivity contribution in [2.45, 2.75) is 19.0 Å². The van der Waals surface area contributed by atoms with Gasteiger partial charge >= 0.3 is 6.03 Å². The van der Waals surface area contributed by atoms with Gasteiger partial charge in [-0.15, -0.1) is 0 Å². The quantitative estimate of drug-likeness (QED) is 0.675. The van der Waals surface area contributed by atoms with Gasteiger partial charge in [-0.3, -0.25) is 9.69 Å². The SMILES string of the molecule is C[C@@]1(c2cccc(Br)c2)NC(=O)N(Cc2cc3c(cc2Br)OCO3)C1=O. The van der Waals surface area contributed by atoms with Crippen molar-refractivity contribution in [1.29, 1.82) is 0 Å². The summed E-state index contributed by atoms with van der Waals surface area (Å²) in [6.07, 6.45) is 0. The summed E-state index contributed by atoms with van der Waals surface area (Å²) in [6, 6.07) is 10.5. The number of hydrogen-bond donors (Lipinski definition) is 1. The number of halogens is 2. The summed E-state index contributed by atoms with van der Waals surface area (Å²) in [5, 5.41) is 2.81. The number of benzene rings is 2. The van der Waals surface area contributed by atoms with Crippen molar-refractivity contribution in [1.82, 2.24) is 10.2 Å². The lowest BCUT2D eigenvalue weighted by atomic mass is 9.92. The first kappa shape index (κ1) is 17.4. The molecule has 0 unspecified atom stereocenters. The molecular weight excluding hydrogens is 468 g/mol. The molecule has 4 rings (SSSR count). The molecule has 0 radical (unpaired) electrons. The van der Waals surface area contributed by atoms with Crippen molar-refractivity contribution in [2.75, 3.05) is 6.79 Å². The lowest BCUT2D eigenvalue weighted by Crippen LogP contribution is -2.40. The minimum Gasteiger partial charge on any atom is -0.454 e. The van der Waals surface area contributed by atoms with Gasteiger partial charge in [0.25, 0.3) is 5.91 Å². The molecule has 3 amide bonds. The number of fused-ring (bicyclic) bond motifs is 1. The molecule has 1 N–H and O–H groups in total. The predicted octanol–water partition coefficient (Wildman–Crippen LogP) is 3.91. The molecular formula is C18H14Br2N2O4. The van der Waals surface area contributed by atoms with E-state index in [0.717, 1.165) is 20.1 Å². The average Bonchev–Trinajstić information content (AvgIpc) is 3.13. The lowest BCUT2D eigenvalue weighted by Gasteiger charge is -2.22. The first-order chi connectivity index (χ1) is 12.4. The van der Waals surface area contributed by atoms with Crippen LogP contribution in [-0.2, 0) is 16.9 Å². The van der Waals surface area contributed by atoms with Crippen molar-refractivity contribution < 1.29 is 19.1 Å². The number of carbonyl (C=O) groups excluding carboxylic acids is 2. The van der Waals surface area contributed by atoms with Crippen LogP contribution in [0.4, 0.5) is 4.79 Å². The number of carbonyl (C=O) groups is 2. The van der Waals surface area contributed by atoms with Gasteiger partial charge in [-0.25, -0.2) is 4.79 Å². The number of hydrogen-bond acceptors (Lipinski definition) is 4. The molecule has 2 heterocycles. The Morgan fingerprint density at radius 2 is 1.88 bits per heavy atom. The highest BCUT2D eigenvalue weighted by Gasteiger charge is 2.49. The Hall–Kier alpha value is -2.06. The van der Waals surface area contributed by atoms with Crippen molar-refractivity contribution in [3.63, 3.8) is 0 Å². The van der Waals surface area contributed by atoms with Crippen molar-refractivity contribution in [3.05, 3.63) is 56.5 Å². The lowest BCUT2D eigenvalue weighted by molar-refractivity contribution is -0.131. The first-order valence-corrected chi connectivity index (χ1v) is 9.45. The number of rotatable bonds is 3. The van der Waals surface area contributed by atoms with Gasteiger partial charge in [0.05, 0.1) is 6.54 Å². The Morgan fingerprint density at radius 1 is 1.15 bits per heavy atom. The minimum atomic E-state index is -1.11. The topological polar surface area (TPSA) is 67.9 Å². The molecule has 0 bridgehead atoms. The van der Waals surface area contributed by atoms with Gasteiger partial charge in [-0.2, -0.15) is 0 Å². The number of nitrogens with one attached hydrogen (secondary N) is 1. The van der Waals surface area contributed by atoms with E-state index in [1.807, 2.05) is 24.3 Å². The molecule has 2 aliphatic heterocycles. The normalized spacial score (nSPS) is 21.3. The molecule has 2 aromatic carbocycles. The molecule has 0 aliphatic carbocycles. The van der Waals surface area contributed by atoms with E-state index in [9.17, 15) is 9.59 Å². The van der Waals surface area contributed by atoms with Crippen molar-refractivity contribution >= 4 is 43.8 Å². The zero-order valence-electron chi connectivity index (χ0n) is 13.7. The summed E-state index contributed by atoms with van der Waals surface area (Å²) in [5.74, 6) is 0.937. The van der Waals surface area contributed by atoms with Crippen molar-refractivity contribution in [3.8, 4) is 11.5 Å². The van der Waals surface area contributed by atoms with Crippen molar-refractivity contribution in [2.24, 2.45) is 0 Å². The Bertz CT molecular complexity index is 933. The fourth-order valence-electron chi connectivity index (χ4n) is 3.09. The predicted molar refractivity (Wildman–Crippen MR) is 101 cm³/mol. The highest BCUT2D eigenvalue weighted by Crippen LogP contribution is 2.38. The van der Waals surface area contributed by atoms with E-state index in [1.165, 1.54) is 4.90 Å². The van der Waals surface area contributed by atoms with Gasteiger partial charge in [0.1, 0.15) is 5.54 Å². The zero-order valence-corrected chi connectivity index (χ0v) is 16.9. The summed E-state index contributed by atoms with van der Waals surface area (Å²) in [7, 11) is 0. The highest BCUT2D eigenvalue weighted by molar-refractivity contribution is 9.10. The third-order valence-corrected chi connectivity index (χ3v) is 5.78. The van der Waals surface area contributed by atoms with E-state index in [-0.39, 0.29) is 19.2 Å². The van der Waals surface area contributed by atoms with Crippen LogP contribution in [0.1, 0.15) is 18.1 Å². The largest absolute Gasteiger partial charge is 0.454 e. The third-order valence-electron chi connectivity index (χ3n) is 4.55. The number of nitrogens with zero attached hydrogens (tertiary/aromatic N) is 1. The smallest absolute Gasteiger partial charge is 0.325 e. The third kappa shape index (κ3) is 2.77. The van der Waals surface area contributed by atoms with Crippen LogP contribution in [0.3, 0.4) is 0 Å². The molecule has 0 aromatic heterocycles. The molecule has 8 heteroatoms. The average molecular weight is 482 g/mol. The van der Waals surface area contributed by atoms with E-state index >= 15 is 0 Å². The van der Waals surface area contributed by atoms with Gasteiger partial charge in [-0.1, -0.05) is 44.0 Å². The van der Waals surface area contributed by atoms with Gasteiger partial charge in [0.15, 0.2) is 11.5 Å². The monoisotopic (exact) mass is 480 g/mol. The highest BCUT2D eigenvalue weighted by atomic mass is 79.9. The second-order valence-corrected chi connectivity index (χ2v) is 8.02. The number of amides is 3. The molecule has 134 valence electrons. The summed E-state index contributed by atoms with van der Waals surface area (Å²) in [5.41, 5.74) is 0.373. The molecule has 1 fully saturated rings. The van der Waals surface area contributed by atoms with Crippen LogP contribution in [0, 0.1) is 0 Å². The number of ether oxygens (including phenoxy) is 2. The Balaban J connectivity index is 1.64. The number of imide groups is 1. The first-order valence-electron chi connectivity index (χ1n) is 7.86. The van der Waals surface area contributed by atoms with Gasteiger partial charge in [0.2, 0.25) is 6.79 Å². The Morgan fingerprint density at radius 3 is 2.62 bits per heavy atom. The van der Waals surface area contributed by atoms with E-state index in [2.05, 4.69) is 37.2 Å². The standard InChI is InChI=1S/C18H14Br2N2O4/c1-18(11-3-2-4-12(19)6-11)16(23)22(17(24)21-18)8-10-5-14-15(7-13(10)20)26-9-25-14/h2-7H,8-9H2,1H3,(H,21,24)/t18-/m0/s1. The van der Waals surface area contributed by atoms with Crippen LogP contribution < -0.4 is 14.8 Å². The fraction of sp³-hybridized carbons (Fsp3) is 0.222. The van der Waals surface area contributed by atoms with Gasteiger partial charge in [0, 0.05) is 8.95 Å². The Kier molecular flexibility index (Phi) is 4.19. The molecule has 2 aromatic rings. The molecule has 26 heavy (non-hydrogen) atoms. The zero-order chi connectivity index (χ0) is 18.5. The minimum absolute atomic E-state index is 0.130. The molecule has 2 aliphatic rings.